The lowest BCUT2D eigenvalue weighted by Crippen LogP contribution is -2.33. The molecule has 0 atom stereocenters. The van der Waals surface area contributed by atoms with Crippen LogP contribution in [0.1, 0.15) is 30.4 Å². The maximum absolute atomic E-state index is 5.95. The molecule has 0 aliphatic carbocycles. The second-order valence-electron chi connectivity index (χ2n) is 7.58. The molecule has 1 aliphatic rings. The van der Waals surface area contributed by atoms with Gasteiger partial charge in [0.2, 0.25) is 0 Å². The summed E-state index contributed by atoms with van der Waals surface area (Å²) < 4.78 is 11.3. The SMILES string of the molecule is COc1ccc2c(Cc3ccc(OCCN4CCCCC4)cc3)cccc2c1. The van der Waals surface area contributed by atoms with Gasteiger partial charge in [-0.2, -0.15) is 0 Å². The fraction of sp³-hybridized carbons (Fsp3) is 0.360. The molecule has 0 aromatic heterocycles. The number of likely N-dealkylation sites (tertiary alicyclic amines) is 1. The maximum Gasteiger partial charge on any atom is 0.119 e. The smallest absolute Gasteiger partial charge is 0.119 e. The lowest BCUT2D eigenvalue weighted by Gasteiger charge is -2.26. The molecule has 0 spiro atoms. The quantitative estimate of drug-likeness (QED) is 0.559. The minimum absolute atomic E-state index is 0.768. The predicted molar refractivity (Wildman–Crippen MR) is 116 cm³/mol. The Bertz CT molecular complexity index is 898. The number of rotatable bonds is 7. The highest BCUT2D eigenvalue weighted by Crippen LogP contribution is 2.26. The Labute approximate surface area is 167 Å². The number of ether oxygens (including phenoxy) is 2. The lowest BCUT2D eigenvalue weighted by molar-refractivity contribution is 0.183. The van der Waals surface area contributed by atoms with Crippen LogP contribution in [0.4, 0.5) is 0 Å². The van der Waals surface area contributed by atoms with Gasteiger partial charge in [-0.1, -0.05) is 42.8 Å². The minimum atomic E-state index is 0.768. The topological polar surface area (TPSA) is 21.7 Å². The fourth-order valence-electron chi connectivity index (χ4n) is 4.01. The van der Waals surface area contributed by atoms with E-state index in [1.165, 1.54) is 54.3 Å². The van der Waals surface area contributed by atoms with Crippen LogP contribution in [0.5, 0.6) is 11.5 Å². The van der Waals surface area contributed by atoms with Crippen LogP contribution in [0.3, 0.4) is 0 Å². The molecule has 3 aromatic carbocycles. The van der Waals surface area contributed by atoms with Crippen molar-refractivity contribution in [2.45, 2.75) is 25.7 Å². The van der Waals surface area contributed by atoms with Crippen LogP contribution >= 0.6 is 0 Å². The lowest BCUT2D eigenvalue weighted by atomic mass is 9.98. The molecule has 0 radical (unpaired) electrons. The molecule has 3 heteroatoms. The summed E-state index contributed by atoms with van der Waals surface area (Å²) in [6.07, 6.45) is 4.95. The van der Waals surface area contributed by atoms with Crippen molar-refractivity contribution in [3.05, 3.63) is 71.8 Å². The molecule has 4 rings (SSSR count). The molecule has 0 N–H and O–H groups in total. The summed E-state index contributed by atoms with van der Waals surface area (Å²) in [6, 6.07) is 21.3. The number of hydrogen-bond donors (Lipinski definition) is 0. The van der Waals surface area contributed by atoms with E-state index in [4.69, 9.17) is 9.47 Å². The molecule has 0 bridgehead atoms. The van der Waals surface area contributed by atoms with E-state index >= 15 is 0 Å². The van der Waals surface area contributed by atoms with Crippen molar-refractivity contribution in [2.24, 2.45) is 0 Å². The molecule has 1 heterocycles. The molecule has 0 unspecified atom stereocenters. The summed E-state index contributed by atoms with van der Waals surface area (Å²) in [4.78, 5) is 2.51. The zero-order chi connectivity index (χ0) is 19.2. The second-order valence-corrected chi connectivity index (χ2v) is 7.58. The average Bonchev–Trinajstić information content (AvgIpc) is 2.75. The average molecular weight is 376 g/mol. The molecule has 1 aliphatic heterocycles. The molecule has 3 aromatic rings. The van der Waals surface area contributed by atoms with Crippen molar-refractivity contribution in [2.75, 3.05) is 33.4 Å². The van der Waals surface area contributed by atoms with E-state index in [-0.39, 0.29) is 0 Å². The monoisotopic (exact) mass is 375 g/mol. The van der Waals surface area contributed by atoms with Gasteiger partial charge in [-0.05, 0) is 78.5 Å². The van der Waals surface area contributed by atoms with Crippen LogP contribution in [0, 0.1) is 0 Å². The summed E-state index contributed by atoms with van der Waals surface area (Å²) >= 11 is 0. The van der Waals surface area contributed by atoms with E-state index in [2.05, 4.69) is 59.5 Å². The van der Waals surface area contributed by atoms with E-state index < -0.39 is 0 Å². The van der Waals surface area contributed by atoms with Gasteiger partial charge >= 0.3 is 0 Å². The summed E-state index contributed by atoms with van der Waals surface area (Å²) in [5.41, 5.74) is 2.63. The Hall–Kier alpha value is -2.52. The number of hydrogen-bond acceptors (Lipinski definition) is 3. The first-order valence-electron chi connectivity index (χ1n) is 10.3. The Morgan fingerprint density at radius 1 is 0.857 bits per heavy atom. The van der Waals surface area contributed by atoms with Crippen LogP contribution in [-0.4, -0.2) is 38.3 Å². The number of benzene rings is 3. The Balaban J connectivity index is 1.37. The molecule has 1 saturated heterocycles. The second kappa shape index (κ2) is 9.11. The zero-order valence-corrected chi connectivity index (χ0v) is 16.7. The maximum atomic E-state index is 5.95. The number of fused-ring (bicyclic) bond motifs is 1. The van der Waals surface area contributed by atoms with Crippen LogP contribution in [0.2, 0.25) is 0 Å². The normalized spacial score (nSPS) is 14.9. The van der Waals surface area contributed by atoms with Gasteiger partial charge < -0.3 is 9.47 Å². The first-order valence-corrected chi connectivity index (χ1v) is 10.3. The molecule has 0 saturated carbocycles. The summed E-state index contributed by atoms with van der Waals surface area (Å²) in [5.74, 6) is 1.86. The standard InChI is InChI=1S/C25H29NO2/c1-27-24-12-13-25-21(6-5-7-22(25)19-24)18-20-8-10-23(11-9-20)28-17-16-26-14-3-2-4-15-26/h5-13,19H,2-4,14-18H2,1H3. The number of nitrogens with zero attached hydrogens (tertiary/aromatic N) is 1. The van der Waals surface area contributed by atoms with E-state index in [9.17, 15) is 0 Å². The van der Waals surface area contributed by atoms with E-state index in [0.717, 1.165) is 31.1 Å². The van der Waals surface area contributed by atoms with E-state index in [1.54, 1.807) is 7.11 Å². The van der Waals surface area contributed by atoms with Crippen LogP contribution < -0.4 is 9.47 Å². The highest BCUT2D eigenvalue weighted by Gasteiger charge is 2.09. The largest absolute Gasteiger partial charge is 0.497 e. The molecule has 1 fully saturated rings. The van der Waals surface area contributed by atoms with Gasteiger partial charge in [0.1, 0.15) is 18.1 Å². The van der Waals surface area contributed by atoms with Crippen LogP contribution in [0.15, 0.2) is 60.7 Å². The Kier molecular flexibility index (Phi) is 6.13. The van der Waals surface area contributed by atoms with Gasteiger partial charge in [0.25, 0.3) is 0 Å². The fourth-order valence-corrected chi connectivity index (χ4v) is 4.01. The van der Waals surface area contributed by atoms with Gasteiger partial charge in [0, 0.05) is 6.54 Å². The predicted octanol–water partition coefficient (Wildman–Crippen LogP) is 5.30. The van der Waals surface area contributed by atoms with Crippen molar-refractivity contribution in [3.8, 4) is 11.5 Å². The molecule has 28 heavy (non-hydrogen) atoms. The number of methoxy groups -OCH3 is 1. The van der Waals surface area contributed by atoms with Crippen molar-refractivity contribution >= 4 is 10.8 Å². The Morgan fingerprint density at radius 2 is 1.64 bits per heavy atom. The van der Waals surface area contributed by atoms with Gasteiger partial charge in [0.15, 0.2) is 0 Å². The van der Waals surface area contributed by atoms with Crippen LogP contribution in [-0.2, 0) is 6.42 Å². The molecular weight excluding hydrogens is 346 g/mol. The van der Waals surface area contributed by atoms with Gasteiger partial charge in [-0.15, -0.1) is 0 Å². The third kappa shape index (κ3) is 4.66. The van der Waals surface area contributed by atoms with Gasteiger partial charge in [0.05, 0.1) is 7.11 Å². The number of piperidine rings is 1. The highest BCUT2D eigenvalue weighted by molar-refractivity contribution is 5.87. The third-order valence-corrected chi connectivity index (χ3v) is 5.62. The summed E-state index contributed by atoms with van der Waals surface area (Å²) in [5, 5.41) is 2.50. The van der Waals surface area contributed by atoms with Crippen molar-refractivity contribution in [1.29, 1.82) is 0 Å². The highest BCUT2D eigenvalue weighted by atomic mass is 16.5. The van der Waals surface area contributed by atoms with Crippen LogP contribution in [0.25, 0.3) is 10.8 Å². The molecule has 0 amide bonds. The molecule has 146 valence electrons. The van der Waals surface area contributed by atoms with Crippen molar-refractivity contribution < 1.29 is 9.47 Å². The van der Waals surface area contributed by atoms with Crippen molar-refractivity contribution in [3.63, 3.8) is 0 Å². The first-order chi connectivity index (χ1) is 13.8. The summed E-state index contributed by atoms with van der Waals surface area (Å²) in [7, 11) is 1.71. The minimum Gasteiger partial charge on any atom is -0.497 e. The van der Waals surface area contributed by atoms with E-state index in [1.807, 2.05) is 6.07 Å². The Morgan fingerprint density at radius 3 is 2.43 bits per heavy atom. The summed E-state index contributed by atoms with van der Waals surface area (Å²) in [6.45, 7) is 4.24. The van der Waals surface area contributed by atoms with Gasteiger partial charge in [-0.3, -0.25) is 4.90 Å². The van der Waals surface area contributed by atoms with E-state index in [0.29, 0.717) is 0 Å². The van der Waals surface area contributed by atoms with Crippen molar-refractivity contribution in [1.82, 2.24) is 4.90 Å². The first kappa shape index (κ1) is 18.8. The third-order valence-electron chi connectivity index (χ3n) is 5.62. The van der Waals surface area contributed by atoms with Gasteiger partial charge in [-0.25, -0.2) is 0 Å². The molecule has 3 nitrogen and oxygen atoms in total. The molecular formula is C25H29NO2. The zero-order valence-electron chi connectivity index (χ0n) is 16.7.